The molecule has 0 saturated heterocycles. The van der Waals surface area contributed by atoms with E-state index in [0.29, 0.717) is 0 Å². The topological polar surface area (TPSA) is 30.0 Å². The van der Waals surface area contributed by atoms with Gasteiger partial charge in [0, 0.05) is 18.3 Å². The molecule has 83 valence electrons. The molecule has 0 atom stereocenters. The van der Waals surface area contributed by atoms with Crippen molar-refractivity contribution in [2.24, 2.45) is 0 Å². The number of nitrogens with zero attached hydrogens (tertiary/aromatic N) is 1. The molecule has 0 aliphatic carbocycles. The molecule has 0 aliphatic heterocycles. The lowest BCUT2D eigenvalue weighted by atomic mass is 10.0. The van der Waals surface area contributed by atoms with E-state index in [-0.39, 0.29) is 0 Å². The highest BCUT2D eigenvalue weighted by atomic mass is 16.1. The molecule has 0 amide bonds. The molecule has 17 heavy (non-hydrogen) atoms. The fourth-order valence-corrected chi connectivity index (χ4v) is 1.68. The van der Waals surface area contributed by atoms with Crippen LogP contribution in [-0.4, -0.2) is 11.3 Å². The maximum atomic E-state index is 10.2. The van der Waals surface area contributed by atoms with Gasteiger partial charge in [-0.1, -0.05) is 36.4 Å². The molecule has 2 heteroatoms. The molecule has 1 aromatic carbocycles. The second-order valence-electron chi connectivity index (χ2n) is 3.65. The van der Waals surface area contributed by atoms with Gasteiger partial charge in [0.1, 0.15) is 0 Å². The molecule has 0 bridgehead atoms. The van der Waals surface area contributed by atoms with Gasteiger partial charge in [0.2, 0.25) is 6.29 Å². The van der Waals surface area contributed by atoms with E-state index in [4.69, 9.17) is 0 Å². The van der Waals surface area contributed by atoms with Crippen LogP contribution in [0.5, 0.6) is 0 Å². The quantitative estimate of drug-likeness (QED) is 0.744. The van der Waals surface area contributed by atoms with E-state index in [1.165, 1.54) is 6.08 Å². The molecule has 1 heterocycles. The molecule has 2 rings (SSSR count). The van der Waals surface area contributed by atoms with E-state index in [1.54, 1.807) is 18.6 Å². The van der Waals surface area contributed by atoms with Crippen LogP contribution in [0.2, 0.25) is 0 Å². The minimum absolute atomic E-state index is 0.764. The van der Waals surface area contributed by atoms with Crippen LogP contribution < -0.4 is 0 Å². The maximum Gasteiger partial charge on any atom is 0.225 e. The van der Waals surface area contributed by atoms with Crippen molar-refractivity contribution in [3.05, 3.63) is 71.6 Å². The summed E-state index contributed by atoms with van der Waals surface area (Å²) in [7, 11) is 0. The summed E-state index contributed by atoms with van der Waals surface area (Å²) < 4.78 is 0. The first-order chi connectivity index (χ1) is 8.40. The Labute approximate surface area is 101 Å². The Kier molecular flexibility index (Phi) is 3.81. The zero-order valence-corrected chi connectivity index (χ0v) is 9.34. The number of carbonyl (C=O) groups excluding carboxylic acids is 1. The lowest BCUT2D eigenvalue weighted by Crippen LogP contribution is -1.93. The summed E-state index contributed by atoms with van der Waals surface area (Å²) in [6.07, 6.45) is 7.47. The van der Waals surface area contributed by atoms with Crippen molar-refractivity contribution >= 4 is 12.4 Å². The molecule has 0 saturated carbocycles. The van der Waals surface area contributed by atoms with Crippen molar-refractivity contribution in [2.75, 3.05) is 0 Å². The van der Waals surface area contributed by atoms with Gasteiger partial charge in [-0.3, -0.25) is 9.78 Å². The van der Waals surface area contributed by atoms with Crippen molar-refractivity contribution in [2.45, 2.75) is 6.42 Å². The maximum absolute atomic E-state index is 10.2. The van der Waals surface area contributed by atoms with Gasteiger partial charge in [-0.2, -0.15) is 0 Å². The van der Waals surface area contributed by atoms with Gasteiger partial charge in [-0.15, -0.1) is 0 Å². The number of hydrogen-bond acceptors (Lipinski definition) is 2. The Hall–Kier alpha value is -2.22. The van der Waals surface area contributed by atoms with Crippen molar-refractivity contribution in [1.29, 1.82) is 0 Å². The number of aromatic nitrogens is 1. The Morgan fingerprint density at radius 1 is 1.12 bits per heavy atom. The lowest BCUT2D eigenvalue weighted by molar-refractivity contribution is 0.564. The minimum atomic E-state index is 0.764. The van der Waals surface area contributed by atoms with E-state index in [0.717, 1.165) is 23.2 Å². The van der Waals surface area contributed by atoms with Gasteiger partial charge in [-0.25, -0.2) is 0 Å². The van der Waals surface area contributed by atoms with Gasteiger partial charge >= 0.3 is 0 Å². The van der Waals surface area contributed by atoms with Gasteiger partial charge < -0.3 is 0 Å². The zero-order chi connectivity index (χ0) is 11.9. The van der Waals surface area contributed by atoms with Crippen LogP contribution >= 0.6 is 0 Å². The molecular weight excluding hydrogens is 210 g/mol. The van der Waals surface area contributed by atoms with Crippen LogP contribution in [0.1, 0.15) is 16.8 Å². The lowest BCUT2D eigenvalue weighted by Gasteiger charge is -2.04. The monoisotopic (exact) mass is 222 g/mol. The van der Waals surface area contributed by atoms with E-state index in [9.17, 15) is 4.79 Å². The molecule has 0 spiro atoms. The van der Waals surface area contributed by atoms with Crippen LogP contribution in [0.3, 0.4) is 0 Å². The third kappa shape index (κ3) is 3.11. The van der Waals surface area contributed by atoms with Gasteiger partial charge in [-0.05, 0) is 29.3 Å². The highest BCUT2D eigenvalue weighted by molar-refractivity contribution is 5.75. The van der Waals surface area contributed by atoms with Crippen LogP contribution in [0.4, 0.5) is 0 Å². The molecule has 0 unspecified atom stereocenters. The highest BCUT2D eigenvalue weighted by Crippen LogP contribution is 2.14. The summed E-state index contributed by atoms with van der Waals surface area (Å²) in [5, 5.41) is 0. The van der Waals surface area contributed by atoms with Crippen LogP contribution in [0.25, 0.3) is 6.08 Å². The fraction of sp³-hybridized carbons (Fsp3) is 0.0667. The molecule has 0 aliphatic rings. The average molecular weight is 222 g/mol. The van der Waals surface area contributed by atoms with E-state index < -0.39 is 0 Å². The molecule has 0 N–H and O–H groups in total. The van der Waals surface area contributed by atoms with Gasteiger partial charge in [0.15, 0.2) is 0 Å². The summed E-state index contributed by atoms with van der Waals surface area (Å²) in [5.74, 6) is 0. The summed E-state index contributed by atoms with van der Waals surface area (Å²) in [4.78, 5) is 14.5. The van der Waals surface area contributed by atoms with Crippen LogP contribution in [0, 0.1) is 0 Å². The molecule has 2 nitrogen and oxygen atoms in total. The van der Waals surface area contributed by atoms with Gasteiger partial charge in [0.25, 0.3) is 0 Å². The van der Waals surface area contributed by atoms with Crippen LogP contribution in [-0.2, 0) is 11.2 Å². The van der Waals surface area contributed by atoms with Crippen molar-refractivity contribution in [3.8, 4) is 0 Å². The predicted molar refractivity (Wildman–Crippen MR) is 68.2 cm³/mol. The number of pyridine rings is 1. The third-order valence-corrected chi connectivity index (χ3v) is 2.48. The smallest absolute Gasteiger partial charge is 0.225 e. The largest absolute Gasteiger partial charge is 0.286 e. The number of rotatable bonds is 4. The first-order valence-corrected chi connectivity index (χ1v) is 5.42. The predicted octanol–water partition coefficient (Wildman–Crippen LogP) is 2.80. The SMILES string of the molecule is O=[C]/C=C/c1ccccc1Cc1ccccn1. The second kappa shape index (κ2) is 5.75. The van der Waals surface area contributed by atoms with Crippen molar-refractivity contribution in [3.63, 3.8) is 0 Å². The Morgan fingerprint density at radius 3 is 2.71 bits per heavy atom. The fourth-order valence-electron chi connectivity index (χ4n) is 1.68. The minimum Gasteiger partial charge on any atom is -0.286 e. The molecule has 1 radical (unpaired) electrons. The van der Waals surface area contributed by atoms with E-state index in [2.05, 4.69) is 4.98 Å². The van der Waals surface area contributed by atoms with E-state index in [1.807, 2.05) is 42.5 Å². The highest BCUT2D eigenvalue weighted by Gasteiger charge is 2.00. The summed E-state index contributed by atoms with van der Waals surface area (Å²) in [5.41, 5.74) is 3.20. The second-order valence-corrected chi connectivity index (χ2v) is 3.65. The summed E-state index contributed by atoms with van der Waals surface area (Å²) >= 11 is 0. The number of benzene rings is 1. The van der Waals surface area contributed by atoms with Gasteiger partial charge in [0.05, 0.1) is 0 Å². The molecule has 1 aromatic heterocycles. The Balaban J connectivity index is 2.26. The normalized spacial score (nSPS) is 10.6. The van der Waals surface area contributed by atoms with E-state index >= 15 is 0 Å². The Morgan fingerprint density at radius 2 is 1.94 bits per heavy atom. The molecular formula is C15H12NO. The average Bonchev–Trinajstić information content (AvgIpc) is 2.39. The van der Waals surface area contributed by atoms with Crippen LogP contribution in [0.15, 0.2) is 54.7 Å². The first kappa shape index (κ1) is 11.3. The van der Waals surface area contributed by atoms with Crippen molar-refractivity contribution in [1.82, 2.24) is 4.98 Å². The number of hydrogen-bond donors (Lipinski definition) is 0. The molecule has 2 aromatic rings. The Bertz CT molecular complexity index is 517. The number of allylic oxidation sites excluding steroid dienone is 1. The summed E-state index contributed by atoms with van der Waals surface area (Å²) in [6.45, 7) is 0. The molecule has 0 fully saturated rings. The summed E-state index contributed by atoms with van der Waals surface area (Å²) in [6, 6.07) is 13.8. The first-order valence-electron chi connectivity index (χ1n) is 5.42. The third-order valence-electron chi connectivity index (χ3n) is 2.48. The zero-order valence-electron chi connectivity index (χ0n) is 9.34. The van der Waals surface area contributed by atoms with Crippen molar-refractivity contribution < 1.29 is 4.79 Å². The standard InChI is InChI=1S/C15H12NO/c17-11-5-8-13-6-1-2-7-14(13)12-15-9-3-4-10-16-15/h1-10H,12H2/b8-5+.